The van der Waals surface area contributed by atoms with Gasteiger partial charge in [-0.05, 0) is 47.9 Å². The fourth-order valence-corrected chi connectivity index (χ4v) is 4.10. The van der Waals surface area contributed by atoms with Crippen molar-refractivity contribution in [3.8, 4) is 5.75 Å². The molecule has 160 valence electrons. The van der Waals surface area contributed by atoms with Gasteiger partial charge in [0.1, 0.15) is 17.7 Å². The first-order valence-corrected chi connectivity index (χ1v) is 9.86. The van der Waals surface area contributed by atoms with Crippen molar-refractivity contribution in [3.63, 3.8) is 0 Å². The summed E-state index contributed by atoms with van der Waals surface area (Å²) in [5, 5.41) is 14.5. The summed E-state index contributed by atoms with van der Waals surface area (Å²) >= 11 is 5.96. The Hall–Kier alpha value is -2.74. The van der Waals surface area contributed by atoms with Crippen LogP contribution in [-0.4, -0.2) is 17.8 Å². The van der Waals surface area contributed by atoms with Gasteiger partial charge in [-0.15, -0.1) is 0 Å². The van der Waals surface area contributed by atoms with Crippen LogP contribution in [0.1, 0.15) is 24.5 Å². The number of alkyl halides is 2. The maximum atomic E-state index is 12.9. The fourth-order valence-electron chi connectivity index (χ4n) is 3.93. The lowest BCUT2D eigenvalue weighted by Gasteiger charge is -2.17. The second-order valence-corrected chi connectivity index (χ2v) is 7.77. The predicted molar refractivity (Wildman–Crippen MR) is 109 cm³/mol. The van der Waals surface area contributed by atoms with Crippen LogP contribution in [0.5, 0.6) is 5.75 Å². The number of benzene rings is 2. The van der Waals surface area contributed by atoms with Crippen molar-refractivity contribution in [2.24, 2.45) is 17.8 Å². The lowest BCUT2D eigenvalue weighted by Crippen LogP contribution is -2.11. The Morgan fingerprint density at radius 1 is 1.30 bits per heavy atom. The van der Waals surface area contributed by atoms with Crippen LogP contribution in [0.3, 0.4) is 0 Å². The number of aldehydes is 1. The number of anilines is 1. The maximum absolute atomic E-state index is 12.9. The summed E-state index contributed by atoms with van der Waals surface area (Å²) in [7, 11) is 0. The Morgan fingerprint density at radius 3 is 2.73 bits per heavy atom. The van der Waals surface area contributed by atoms with Gasteiger partial charge >= 0.3 is 6.61 Å². The summed E-state index contributed by atoms with van der Waals surface area (Å²) in [6.45, 7) is -0.896. The van der Waals surface area contributed by atoms with Gasteiger partial charge < -0.3 is 14.8 Å². The van der Waals surface area contributed by atoms with E-state index in [2.05, 4.69) is 17.0 Å². The molecule has 9 heteroatoms. The van der Waals surface area contributed by atoms with E-state index in [0.717, 1.165) is 11.8 Å². The van der Waals surface area contributed by atoms with E-state index in [0.29, 0.717) is 29.3 Å². The molecular formula is C21H21ClF2N2O4. The van der Waals surface area contributed by atoms with E-state index in [-0.39, 0.29) is 35.5 Å². The van der Waals surface area contributed by atoms with E-state index in [1.54, 1.807) is 6.07 Å². The Kier molecular flexibility index (Phi) is 6.87. The lowest BCUT2D eigenvalue weighted by atomic mass is 9.99. The monoisotopic (exact) mass is 438 g/mol. The third-order valence-electron chi connectivity index (χ3n) is 5.64. The molecule has 3 atom stereocenters. The molecule has 0 spiro atoms. The smallest absolute Gasteiger partial charge is 0.387 e. The lowest BCUT2D eigenvalue weighted by molar-refractivity contribution is -0.384. The number of carbonyl (C=O) groups is 1. The molecule has 0 saturated heterocycles. The minimum Gasteiger partial charge on any atom is -0.434 e. The molecule has 0 unspecified atom stereocenters. The molecular weight excluding hydrogens is 418 g/mol. The van der Waals surface area contributed by atoms with Crippen LogP contribution in [0, 0.1) is 27.9 Å². The highest BCUT2D eigenvalue weighted by Crippen LogP contribution is 2.50. The quantitative estimate of drug-likeness (QED) is 0.302. The average Bonchev–Trinajstić information content (AvgIpc) is 3.28. The van der Waals surface area contributed by atoms with Gasteiger partial charge in [0.25, 0.3) is 5.69 Å². The zero-order valence-corrected chi connectivity index (χ0v) is 16.9. The molecule has 1 N–H and O–H groups in total. The number of hydrogen-bond acceptors (Lipinski definition) is 5. The first-order chi connectivity index (χ1) is 14.3. The molecule has 30 heavy (non-hydrogen) atoms. The number of hydrogen-bond donors (Lipinski definition) is 1. The van der Waals surface area contributed by atoms with Crippen LogP contribution >= 0.6 is 11.6 Å². The molecule has 3 rings (SSSR count). The number of nitrogens with zero attached hydrogens (tertiary/aromatic N) is 1. The minimum absolute atomic E-state index is 0.0138. The van der Waals surface area contributed by atoms with E-state index in [1.165, 1.54) is 24.3 Å². The van der Waals surface area contributed by atoms with Crippen LogP contribution in [0.25, 0.3) is 0 Å². The van der Waals surface area contributed by atoms with Crippen molar-refractivity contribution in [2.45, 2.75) is 32.9 Å². The highest BCUT2D eigenvalue weighted by atomic mass is 35.5. The molecule has 0 amide bonds. The third-order valence-corrected chi connectivity index (χ3v) is 5.88. The Morgan fingerprint density at radius 2 is 2.07 bits per heavy atom. The molecule has 2 aromatic rings. The third kappa shape index (κ3) is 5.05. The van der Waals surface area contributed by atoms with E-state index in [4.69, 9.17) is 11.6 Å². The summed E-state index contributed by atoms with van der Waals surface area (Å²) in [6, 6.07) is 9.01. The number of rotatable bonds is 10. The zero-order chi connectivity index (χ0) is 21.8. The Labute approximate surface area is 177 Å². The average molecular weight is 439 g/mol. The van der Waals surface area contributed by atoms with Crippen LogP contribution in [0.4, 0.5) is 20.2 Å². The zero-order valence-electron chi connectivity index (χ0n) is 16.2. The van der Waals surface area contributed by atoms with Gasteiger partial charge in [0.15, 0.2) is 0 Å². The summed E-state index contributed by atoms with van der Waals surface area (Å²) < 4.78 is 30.5. The molecule has 1 saturated carbocycles. The van der Waals surface area contributed by atoms with Gasteiger partial charge in [0, 0.05) is 29.6 Å². The summed E-state index contributed by atoms with van der Waals surface area (Å²) in [6.07, 6.45) is 1.98. The van der Waals surface area contributed by atoms with Gasteiger partial charge in [-0.1, -0.05) is 30.7 Å². The largest absolute Gasteiger partial charge is 0.434 e. The number of carbonyl (C=O) groups excluding carboxylic acids is 1. The van der Waals surface area contributed by atoms with Crippen LogP contribution < -0.4 is 10.1 Å². The molecule has 1 aliphatic rings. The predicted octanol–water partition coefficient (Wildman–Crippen LogP) is 5.48. The number of nitro benzene ring substituents is 1. The van der Waals surface area contributed by atoms with Gasteiger partial charge in [-0.25, -0.2) is 0 Å². The van der Waals surface area contributed by atoms with Gasteiger partial charge in [-0.3, -0.25) is 10.1 Å². The Balaban J connectivity index is 1.87. The summed E-state index contributed by atoms with van der Waals surface area (Å²) in [5.41, 5.74) is 1.31. The molecule has 1 fully saturated rings. The van der Waals surface area contributed by atoms with Gasteiger partial charge in [0.05, 0.1) is 4.92 Å². The van der Waals surface area contributed by atoms with E-state index in [1.807, 2.05) is 6.07 Å². The van der Waals surface area contributed by atoms with Crippen molar-refractivity contribution in [1.82, 2.24) is 0 Å². The standard InChI is InChI=1S/C21H21ClF2N2O4/c1-12-15(7-8-27)16(12)9-13-3-2-4-20(30-21(23)24)17(13)11-25-18-10-14(22)5-6-19(18)26(28)29/h2-6,8,10,12,15-16,21,25H,7,9,11H2,1H3/t12-,15+,16-/m1/s1. The van der Waals surface area contributed by atoms with Crippen molar-refractivity contribution in [2.75, 3.05) is 5.32 Å². The summed E-state index contributed by atoms with van der Waals surface area (Å²) in [5.74, 6) is 0.929. The first-order valence-electron chi connectivity index (χ1n) is 9.48. The second-order valence-electron chi connectivity index (χ2n) is 7.34. The normalized spacial score (nSPS) is 20.1. The second kappa shape index (κ2) is 9.38. The first kappa shape index (κ1) is 22.0. The highest BCUT2D eigenvalue weighted by Gasteiger charge is 2.45. The summed E-state index contributed by atoms with van der Waals surface area (Å²) in [4.78, 5) is 21.6. The molecule has 0 radical (unpaired) electrons. The number of nitro groups is 1. The number of halogens is 3. The SMILES string of the molecule is C[C@H]1[C@@H](Cc2cccc(OC(F)F)c2CNc2cc(Cl)ccc2[N+](=O)[O-])[C@H]1CC=O. The molecule has 1 aliphatic carbocycles. The molecule has 6 nitrogen and oxygen atoms in total. The van der Waals surface area contributed by atoms with Gasteiger partial charge in [-0.2, -0.15) is 8.78 Å². The Bertz CT molecular complexity index is 941. The van der Waals surface area contributed by atoms with Crippen LogP contribution in [0.15, 0.2) is 36.4 Å². The number of ether oxygens (including phenoxy) is 1. The van der Waals surface area contributed by atoms with Crippen molar-refractivity contribution >= 4 is 29.3 Å². The fraction of sp³-hybridized carbons (Fsp3) is 0.381. The van der Waals surface area contributed by atoms with Crippen molar-refractivity contribution in [1.29, 1.82) is 0 Å². The molecule has 0 aromatic heterocycles. The molecule has 0 aliphatic heterocycles. The number of nitrogens with one attached hydrogen (secondary N) is 1. The topological polar surface area (TPSA) is 81.5 Å². The van der Waals surface area contributed by atoms with E-state index >= 15 is 0 Å². The molecule has 2 aromatic carbocycles. The molecule has 0 heterocycles. The van der Waals surface area contributed by atoms with Crippen LogP contribution in [-0.2, 0) is 17.8 Å². The van der Waals surface area contributed by atoms with Crippen molar-refractivity contribution in [3.05, 3.63) is 62.7 Å². The minimum atomic E-state index is -3.00. The molecule has 0 bridgehead atoms. The van der Waals surface area contributed by atoms with E-state index in [9.17, 15) is 23.7 Å². The van der Waals surface area contributed by atoms with Crippen molar-refractivity contribution < 1.29 is 23.2 Å². The maximum Gasteiger partial charge on any atom is 0.387 e. The highest BCUT2D eigenvalue weighted by molar-refractivity contribution is 6.31. The van der Waals surface area contributed by atoms with Crippen LogP contribution in [0.2, 0.25) is 5.02 Å². The van der Waals surface area contributed by atoms with Gasteiger partial charge in [0.2, 0.25) is 0 Å². The van der Waals surface area contributed by atoms with E-state index < -0.39 is 11.5 Å².